The summed E-state index contributed by atoms with van der Waals surface area (Å²) in [5.74, 6) is 0.0133. The third kappa shape index (κ3) is 2.44. The number of hydrogen-bond acceptors (Lipinski definition) is 2. The van der Waals surface area contributed by atoms with Gasteiger partial charge < -0.3 is 10.1 Å². The van der Waals surface area contributed by atoms with E-state index in [4.69, 9.17) is 4.74 Å². The standard InChI is InChI=1S/C10H19NO2/c1-7(12)11-8-6-9(2,3)13-10(8,4)5/h8H,6H2,1-5H3,(H,11,12). The van der Waals surface area contributed by atoms with Crippen LogP contribution in [0.25, 0.3) is 0 Å². The summed E-state index contributed by atoms with van der Waals surface area (Å²) in [6, 6.07) is 0.125. The molecule has 3 heteroatoms. The highest BCUT2D eigenvalue weighted by Crippen LogP contribution is 2.37. The van der Waals surface area contributed by atoms with Crippen molar-refractivity contribution in [3.8, 4) is 0 Å². The van der Waals surface area contributed by atoms with E-state index in [2.05, 4.69) is 19.2 Å². The molecule has 0 bridgehead atoms. The Morgan fingerprint density at radius 1 is 1.38 bits per heavy atom. The van der Waals surface area contributed by atoms with Gasteiger partial charge in [-0.05, 0) is 34.1 Å². The molecule has 1 saturated heterocycles. The van der Waals surface area contributed by atoms with Crippen LogP contribution in [0.1, 0.15) is 41.0 Å². The number of carbonyl (C=O) groups excluding carboxylic acids is 1. The number of ether oxygens (including phenoxy) is 1. The molecule has 1 atom stereocenters. The molecule has 0 radical (unpaired) electrons. The van der Waals surface area contributed by atoms with Crippen LogP contribution in [-0.4, -0.2) is 23.2 Å². The van der Waals surface area contributed by atoms with Gasteiger partial charge in [0.05, 0.1) is 17.2 Å². The highest BCUT2D eigenvalue weighted by atomic mass is 16.5. The molecule has 0 aromatic rings. The SMILES string of the molecule is CC(=O)NC1CC(C)(C)OC1(C)C. The normalized spacial score (nSPS) is 30.1. The topological polar surface area (TPSA) is 38.3 Å². The molecule has 0 aromatic carbocycles. The van der Waals surface area contributed by atoms with Gasteiger partial charge in [-0.2, -0.15) is 0 Å². The lowest BCUT2D eigenvalue weighted by Gasteiger charge is -2.27. The summed E-state index contributed by atoms with van der Waals surface area (Å²) < 4.78 is 5.83. The highest BCUT2D eigenvalue weighted by Gasteiger charge is 2.46. The van der Waals surface area contributed by atoms with E-state index in [1.807, 2.05) is 13.8 Å². The fourth-order valence-corrected chi connectivity index (χ4v) is 2.03. The van der Waals surface area contributed by atoms with Crippen molar-refractivity contribution in [3.63, 3.8) is 0 Å². The van der Waals surface area contributed by atoms with Gasteiger partial charge in [-0.1, -0.05) is 0 Å². The summed E-state index contributed by atoms with van der Waals surface area (Å²) in [4.78, 5) is 10.9. The molecule has 0 saturated carbocycles. The minimum Gasteiger partial charge on any atom is -0.367 e. The zero-order valence-corrected chi connectivity index (χ0v) is 9.10. The molecule has 1 amide bonds. The van der Waals surface area contributed by atoms with E-state index < -0.39 is 0 Å². The quantitative estimate of drug-likeness (QED) is 0.671. The van der Waals surface area contributed by atoms with E-state index in [-0.39, 0.29) is 23.2 Å². The smallest absolute Gasteiger partial charge is 0.217 e. The lowest BCUT2D eigenvalue weighted by molar-refractivity contribution is -0.121. The van der Waals surface area contributed by atoms with Crippen LogP contribution in [0.4, 0.5) is 0 Å². The average molecular weight is 185 g/mol. The Hall–Kier alpha value is -0.570. The van der Waals surface area contributed by atoms with Crippen molar-refractivity contribution in [2.24, 2.45) is 0 Å². The molecular formula is C10H19NO2. The summed E-state index contributed by atoms with van der Waals surface area (Å²) in [7, 11) is 0. The van der Waals surface area contributed by atoms with Crippen molar-refractivity contribution in [3.05, 3.63) is 0 Å². The van der Waals surface area contributed by atoms with E-state index in [1.54, 1.807) is 6.92 Å². The van der Waals surface area contributed by atoms with Crippen LogP contribution in [0, 0.1) is 0 Å². The molecule has 76 valence electrons. The summed E-state index contributed by atoms with van der Waals surface area (Å²) in [5.41, 5.74) is -0.383. The molecule has 1 heterocycles. The van der Waals surface area contributed by atoms with Gasteiger partial charge in [-0.3, -0.25) is 4.79 Å². The van der Waals surface area contributed by atoms with Gasteiger partial charge in [0.2, 0.25) is 5.91 Å². The second-order valence-corrected chi connectivity index (χ2v) is 4.92. The third-order valence-corrected chi connectivity index (χ3v) is 2.45. The van der Waals surface area contributed by atoms with Gasteiger partial charge in [0.15, 0.2) is 0 Å². The van der Waals surface area contributed by atoms with Crippen LogP contribution >= 0.6 is 0 Å². The molecular weight excluding hydrogens is 166 g/mol. The highest BCUT2D eigenvalue weighted by molar-refractivity contribution is 5.73. The van der Waals surface area contributed by atoms with Crippen LogP contribution in [-0.2, 0) is 9.53 Å². The molecule has 3 nitrogen and oxygen atoms in total. The van der Waals surface area contributed by atoms with E-state index >= 15 is 0 Å². The first-order valence-electron chi connectivity index (χ1n) is 4.70. The summed E-state index contributed by atoms with van der Waals surface area (Å²) in [6.45, 7) is 9.68. The molecule has 0 spiro atoms. The van der Waals surface area contributed by atoms with Crippen molar-refractivity contribution in [2.75, 3.05) is 0 Å². The van der Waals surface area contributed by atoms with Gasteiger partial charge >= 0.3 is 0 Å². The Morgan fingerprint density at radius 3 is 2.23 bits per heavy atom. The van der Waals surface area contributed by atoms with Gasteiger partial charge in [-0.25, -0.2) is 0 Å². The Labute approximate surface area is 79.8 Å². The monoisotopic (exact) mass is 185 g/mol. The molecule has 0 aliphatic carbocycles. The van der Waals surface area contributed by atoms with Crippen LogP contribution in [0.15, 0.2) is 0 Å². The van der Waals surface area contributed by atoms with Crippen molar-refractivity contribution in [1.29, 1.82) is 0 Å². The van der Waals surface area contributed by atoms with Crippen LogP contribution in [0.5, 0.6) is 0 Å². The van der Waals surface area contributed by atoms with Gasteiger partial charge in [-0.15, -0.1) is 0 Å². The molecule has 1 unspecified atom stereocenters. The molecule has 1 rings (SSSR count). The summed E-state index contributed by atoms with van der Waals surface area (Å²) in [6.07, 6.45) is 0.875. The molecule has 1 aliphatic rings. The van der Waals surface area contributed by atoms with E-state index in [0.29, 0.717) is 0 Å². The zero-order chi connectivity index (χ0) is 10.3. The van der Waals surface area contributed by atoms with Crippen LogP contribution < -0.4 is 5.32 Å². The maximum Gasteiger partial charge on any atom is 0.217 e. The van der Waals surface area contributed by atoms with E-state index in [9.17, 15) is 4.79 Å². The maximum atomic E-state index is 10.9. The zero-order valence-electron chi connectivity index (χ0n) is 9.10. The first kappa shape index (κ1) is 10.5. The summed E-state index contributed by atoms with van der Waals surface area (Å²) in [5, 5.41) is 2.92. The largest absolute Gasteiger partial charge is 0.367 e. The maximum absolute atomic E-state index is 10.9. The van der Waals surface area contributed by atoms with Crippen LogP contribution in [0.3, 0.4) is 0 Å². The third-order valence-electron chi connectivity index (χ3n) is 2.45. The van der Waals surface area contributed by atoms with Crippen molar-refractivity contribution in [1.82, 2.24) is 5.32 Å². The van der Waals surface area contributed by atoms with Crippen molar-refractivity contribution in [2.45, 2.75) is 58.3 Å². The van der Waals surface area contributed by atoms with E-state index in [0.717, 1.165) is 6.42 Å². The Bertz CT molecular complexity index is 221. The second-order valence-electron chi connectivity index (χ2n) is 4.92. The Kier molecular flexibility index (Phi) is 2.41. The minimum atomic E-state index is -0.255. The molecule has 1 aliphatic heterocycles. The van der Waals surface area contributed by atoms with Gasteiger partial charge in [0.25, 0.3) is 0 Å². The average Bonchev–Trinajstić information content (AvgIpc) is 1.98. The Morgan fingerprint density at radius 2 is 1.92 bits per heavy atom. The van der Waals surface area contributed by atoms with Crippen molar-refractivity contribution >= 4 is 5.91 Å². The van der Waals surface area contributed by atoms with Gasteiger partial charge in [0.1, 0.15) is 0 Å². The first-order chi connectivity index (χ1) is 5.73. The van der Waals surface area contributed by atoms with Crippen molar-refractivity contribution < 1.29 is 9.53 Å². The molecule has 0 aromatic heterocycles. The molecule has 1 fully saturated rings. The predicted octanol–water partition coefficient (Wildman–Crippen LogP) is 1.47. The number of rotatable bonds is 1. The predicted molar refractivity (Wildman–Crippen MR) is 51.5 cm³/mol. The number of hydrogen-bond donors (Lipinski definition) is 1. The first-order valence-corrected chi connectivity index (χ1v) is 4.70. The lowest BCUT2D eigenvalue weighted by atomic mass is 9.94. The van der Waals surface area contributed by atoms with Crippen LogP contribution in [0.2, 0.25) is 0 Å². The van der Waals surface area contributed by atoms with E-state index in [1.165, 1.54) is 0 Å². The number of nitrogens with one attached hydrogen (secondary N) is 1. The number of amides is 1. The lowest BCUT2D eigenvalue weighted by Crippen LogP contribution is -2.45. The van der Waals surface area contributed by atoms with Gasteiger partial charge in [0, 0.05) is 6.92 Å². The fraction of sp³-hybridized carbons (Fsp3) is 0.900. The fourth-order valence-electron chi connectivity index (χ4n) is 2.03. The second kappa shape index (κ2) is 2.98. The Balaban J connectivity index is 2.70. The minimum absolute atomic E-state index is 0.0133. The molecule has 13 heavy (non-hydrogen) atoms. The summed E-state index contributed by atoms with van der Waals surface area (Å²) >= 11 is 0. The molecule has 1 N–H and O–H groups in total. The number of carbonyl (C=O) groups is 1.